The van der Waals surface area contributed by atoms with E-state index in [4.69, 9.17) is 0 Å². The molecule has 7 heteroatoms. The highest BCUT2D eigenvalue weighted by Crippen LogP contribution is 2.16. The average molecular weight is 338 g/mol. The van der Waals surface area contributed by atoms with Crippen LogP contribution in [0.4, 0.5) is 0 Å². The van der Waals surface area contributed by atoms with Crippen LogP contribution in [-0.4, -0.2) is 26.2 Å². The Morgan fingerprint density at radius 2 is 1.79 bits per heavy atom. The maximum Gasteiger partial charge on any atom is 0.275 e. The fourth-order valence-electron chi connectivity index (χ4n) is 2.67. The third-order valence-corrected chi connectivity index (χ3v) is 4.17. The van der Waals surface area contributed by atoms with Crippen molar-refractivity contribution >= 4 is 5.91 Å². The second-order valence-corrected chi connectivity index (χ2v) is 6.09. The van der Waals surface area contributed by atoms with Crippen LogP contribution in [0.1, 0.15) is 89.9 Å². The molecule has 0 saturated heterocycles. The van der Waals surface area contributed by atoms with E-state index in [2.05, 4.69) is 20.5 Å². The molecule has 0 fully saturated rings. The van der Waals surface area contributed by atoms with E-state index in [0.717, 1.165) is 25.7 Å². The molecular weight excluding hydrogens is 308 g/mol. The number of H-pyrrole nitrogens is 1. The lowest BCUT2D eigenvalue weighted by molar-refractivity contribution is -0.126. The van der Waals surface area contributed by atoms with Gasteiger partial charge in [0.2, 0.25) is 5.91 Å². The van der Waals surface area contributed by atoms with Gasteiger partial charge in [-0.2, -0.15) is 0 Å². The van der Waals surface area contributed by atoms with Crippen molar-refractivity contribution in [2.45, 2.75) is 78.4 Å². The summed E-state index contributed by atoms with van der Waals surface area (Å²) < 4.78 is 0. The van der Waals surface area contributed by atoms with Gasteiger partial charge in [0, 0.05) is 5.92 Å². The van der Waals surface area contributed by atoms with Crippen molar-refractivity contribution in [1.29, 1.82) is 0 Å². The Morgan fingerprint density at radius 3 is 2.29 bits per heavy atom. The summed E-state index contributed by atoms with van der Waals surface area (Å²) in [6, 6.07) is -0.475. The summed E-state index contributed by atoms with van der Waals surface area (Å²) in [6.07, 6.45) is 3.52. The number of aliphatic hydroxyl groups is 1. The topological polar surface area (TPSA) is 108 Å². The van der Waals surface area contributed by atoms with Gasteiger partial charge in [-0.1, -0.05) is 40.5 Å². The molecule has 1 amide bonds. The van der Waals surface area contributed by atoms with Gasteiger partial charge in [-0.3, -0.25) is 9.59 Å². The highest BCUT2D eigenvalue weighted by atomic mass is 16.3. The zero-order valence-electron chi connectivity index (χ0n) is 15.1. The molecular formula is C17H30N4O3. The Hall–Kier alpha value is -1.76. The van der Waals surface area contributed by atoms with Gasteiger partial charge in [-0.25, -0.2) is 0 Å². The molecule has 0 aromatic carbocycles. The first kappa shape index (κ1) is 20.3. The maximum absolute atomic E-state index is 12.4. The highest BCUT2D eigenvalue weighted by Gasteiger charge is 2.23. The molecule has 1 aromatic rings. The third kappa shape index (κ3) is 5.40. The summed E-state index contributed by atoms with van der Waals surface area (Å²) in [5.41, 5.74) is -0.226. The monoisotopic (exact) mass is 338 g/mol. The Balaban J connectivity index is 2.92. The van der Waals surface area contributed by atoms with Gasteiger partial charge in [0.25, 0.3) is 5.56 Å². The first-order valence-electron chi connectivity index (χ1n) is 8.93. The Kier molecular flexibility index (Phi) is 8.60. The molecule has 1 aromatic heterocycles. The standard InChI is InChI=1S/C17H30N4O3/c1-5-9-11(7-3)16(23)18-12(8-4)14-17(24)19-15(21-20-14)13(22)10-6-2/h11-13,22H,5-10H2,1-4H3,(H,18,23)(H,19,21,24). The predicted molar refractivity (Wildman–Crippen MR) is 92.4 cm³/mol. The van der Waals surface area contributed by atoms with Crippen LogP contribution in [0.3, 0.4) is 0 Å². The SMILES string of the molecule is CCCC(CC)C(=O)NC(CC)c1nnc(C(O)CCC)[nH]c1=O. The first-order chi connectivity index (χ1) is 11.5. The molecule has 0 aliphatic heterocycles. The van der Waals surface area contributed by atoms with Crippen molar-refractivity contribution in [1.82, 2.24) is 20.5 Å². The molecule has 7 nitrogen and oxygen atoms in total. The number of hydrogen-bond donors (Lipinski definition) is 3. The minimum Gasteiger partial charge on any atom is -0.385 e. The van der Waals surface area contributed by atoms with E-state index >= 15 is 0 Å². The molecule has 3 atom stereocenters. The van der Waals surface area contributed by atoms with Crippen molar-refractivity contribution in [2.24, 2.45) is 5.92 Å². The van der Waals surface area contributed by atoms with Crippen LogP contribution in [0.2, 0.25) is 0 Å². The fraction of sp³-hybridized carbons (Fsp3) is 0.765. The number of hydrogen-bond acceptors (Lipinski definition) is 5. The quantitative estimate of drug-likeness (QED) is 0.607. The van der Waals surface area contributed by atoms with Gasteiger partial charge < -0.3 is 15.4 Å². The molecule has 0 saturated carbocycles. The second-order valence-electron chi connectivity index (χ2n) is 6.09. The Bertz CT molecular complexity index is 573. The molecule has 0 aliphatic carbocycles. The van der Waals surface area contributed by atoms with E-state index in [-0.39, 0.29) is 23.3 Å². The number of amides is 1. The van der Waals surface area contributed by atoms with Gasteiger partial charge in [0.1, 0.15) is 6.10 Å². The van der Waals surface area contributed by atoms with E-state index in [1.54, 1.807) is 0 Å². The third-order valence-electron chi connectivity index (χ3n) is 4.17. The van der Waals surface area contributed by atoms with Crippen molar-refractivity contribution < 1.29 is 9.90 Å². The maximum atomic E-state index is 12.4. The van der Waals surface area contributed by atoms with Gasteiger partial charge in [-0.15, -0.1) is 10.2 Å². The molecule has 0 aliphatic rings. The van der Waals surface area contributed by atoms with Crippen molar-refractivity contribution in [3.8, 4) is 0 Å². The number of aliphatic hydroxyl groups excluding tert-OH is 1. The van der Waals surface area contributed by atoms with Crippen LogP contribution >= 0.6 is 0 Å². The van der Waals surface area contributed by atoms with Crippen LogP contribution in [-0.2, 0) is 4.79 Å². The normalized spacial score (nSPS) is 14.9. The molecule has 3 N–H and O–H groups in total. The molecule has 1 rings (SSSR count). The average Bonchev–Trinajstić information content (AvgIpc) is 2.57. The van der Waals surface area contributed by atoms with E-state index in [1.165, 1.54) is 0 Å². The molecule has 3 unspecified atom stereocenters. The highest BCUT2D eigenvalue weighted by molar-refractivity contribution is 5.78. The lowest BCUT2D eigenvalue weighted by Gasteiger charge is -2.20. The molecule has 24 heavy (non-hydrogen) atoms. The zero-order valence-corrected chi connectivity index (χ0v) is 15.1. The van der Waals surface area contributed by atoms with E-state index in [9.17, 15) is 14.7 Å². The molecule has 136 valence electrons. The number of nitrogens with zero attached hydrogens (tertiary/aromatic N) is 2. The molecule has 0 spiro atoms. The van der Waals surface area contributed by atoms with Crippen LogP contribution in [0.15, 0.2) is 4.79 Å². The van der Waals surface area contributed by atoms with E-state index in [0.29, 0.717) is 12.8 Å². The second kappa shape index (κ2) is 10.2. The van der Waals surface area contributed by atoms with Crippen molar-refractivity contribution in [3.05, 3.63) is 21.9 Å². The zero-order chi connectivity index (χ0) is 18.1. The largest absolute Gasteiger partial charge is 0.385 e. The summed E-state index contributed by atoms with van der Waals surface area (Å²) in [7, 11) is 0. The van der Waals surface area contributed by atoms with Gasteiger partial charge in [0.05, 0.1) is 6.04 Å². The number of rotatable bonds is 10. The summed E-state index contributed by atoms with van der Waals surface area (Å²) in [4.78, 5) is 27.2. The minimum atomic E-state index is -0.826. The number of carbonyl (C=O) groups is 1. The van der Waals surface area contributed by atoms with Crippen LogP contribution in [0, 0.1) is 5.92 Å². The van der Waals surface area contributed by atoms with Gasteiger partial charge in [-0.05, 0) is 25.7 Å². The summed E-state index contributed by atoms with van der Waals surface area (Å²) in [5, 5.41) is 20.7. The molecule has 0 bridgehead atoms. The smallest absolute Gasteiger partial charge is 0.275 e. The lowest BCUT2D eigenvalue weighted by Crippen LogP contribution is -2.37. The van der Waals surface area contributed by atoms with Gasteiger partial charge >= 0.3 is 0 Å². The van der Waals surface area contributed by atoms with E-state index in [1.807, 2.05) is 27.7 Å². The van der Waals surface area contributed by atoms with Crippen LogP contribution in [0.5, 0.6) is 0 Å². The van der Waals surface area contributed by atoms with Crippen LogP contribution < -0.4 is 10.9 Å². The summed E-state index contributed by atoms with van der Waals surface area (Å²) in [6.45, 7) is 7.85. The van der Waals surface area contributed by atoms with Crippen molar-refractivity contribution in [2.75, 3.05) is 0 Å². The van der Waals surface area contributed by atoms with E-state index < -0.39 is 17.7 Å². The first-order valence-corrected chi connectivity index (χ1v) is 8.93. The molecule has 0 radical (unpaired) electrons. The number of aromatic amines is 1. The lowest BCUT2D eigenvalue weighted by atomic mass is 9.99. The summed E-state index contributed by atoms with van der Waals surface area (Å²) in [5.74, 6) is 0.0634. The number of nitrogens with one attached hydrogen (secondary N) is 2. The number of carbonyl (C=O) groups excluding carboxylic acids is 1. The number of aromatic nitrogens is 3. The molecule has 1 heterocycles. The fourth-order valence-corrected chi connectivity index (χ4v) is 2.67. The van der Waals surface area contributed by atoms with Gasteiger partial charge in [0.15, 0.2) is 11.5 Å². The Labute approximate surface area is 143 Å². The minimum absolute atomic E-state index is 0.0532. The predicted octanol–water partition coefficient (Wildman–Crippen LogP) is 2.39. The van der Waals surface area contributed by atoms with Crippen molar-refractivity contribution in [3.63, 3.8) is 0 Å². The van der Waals surface area contributed by atoms with Crippen LogP contribution in [0.25, 0.3) is 0 Å². The Morgan fingerprint density at radius 1 is 1.12 bits per heavy atom. The summed E-state index contributed by atoms with van der Waals surface area (Å²) >= 11 is 0.